The number of fused-ring (bicyclic) bond motifs is 4. The van der Waals surface area contributed by atoms with Gasteiger partial charge in [0.1, 0.15) is 17.4 Å². The first-order valence-corrected chi connectivity index (χ1v) is 12.6. The number of thiocarbonyl (C=S) groups is 1. The number of hydrogen-bond donors (Lipinski definition) is 2. The van der Waals surface area contributed by atoms with E-state index in [1.54, 1.807) is 7.11 Å². The van der Waals surface area contributed by atoms with Crippen molar-refractivity contribution in [2.45, 2.75) is 39.0 Å². The molecule has 2 N–H and O–H groups in total. The van der Waals surface area contributed by atoms with Crippen LogP contribution in [0.15, 0.2) is 66.7 Å². The van der Waals surface area contributed by atoms with Gasteiger partial charge < -0.3 is 25.0 Å². The minimum atomic E-state index is -0.980. The number of methoxy groups -OCH3 is 1. The molecule has 0 aromatic heterocycles. The Hall–Kier alpha value is -3.58. The zero-order chi connectivity index (χ0) is 25.4. The van der Waals surface area contributed by atoms with E-state index in [2.05, 4.69) is 28.8 Å². The number of carbonyl (C=O) groups excluding carboxylic acids is 1. The molecule has 5 rings (SSSR count). The Kier molecular flexibility index (Phi) is 6.35. The number of aryl methyl sites for hydroxylation is 2. The van der Waals surface area contributed by atoms with Crippen LogP contribution in [-0.2, 0) is 11.2 Å². The lowest BCUT2D eigenvalue weighted by Crippen LogP contribution is -2.71. The molecule has 6 nitrogen and oxygen atoms in total. The molecule has 36 heavy (non-hydrogen) atoms. The number of ether oxygens (including phenoxy) is 2. The van der Waals surface area contributed by atoms with Crippen molar-refractivity contribution in [2.24, 2.45) is 5.92 Å². The number of rotatable bonds is 6. The van der Waals surface area contributed by atoms with E-state index in [0.717, 1.165) is 34.5 Å². The Morgan fingerprint density at radius 1 is 1.14 bits per heavy atom. The van der Waals surface area contributed by atoms with E-state index >= 15 is 0 Å². The molecule has 0 radical (unpaired) electrons. The van der Waals surface area contributed by atoms with Crippen LogP contribution in [0.2, 0.25) is 0 Å². The maximum atomic E-state index is 14.0. The molecule has 0 unspecified atom stereocenters. The third-order valence-electron chi connectivity index (χ3n) is 7.23. The highest BCUT2D eigenvalue weighted by atomic mass is 32.1. The lowest BCUT2D eigenvalue weighted by Gasteiger charge is -2.56. The van der Waals surface area contributed by atoms with Gasteiger partial charge in [0, 0.05) is 17.8 Å². The van der Waals surface area contributed by atoms with E-state index in [-0.39, 0.29) is 11.9 Å². The van der Waals surface area contributed by atoms with E-state index in [1.165, 1.54) is 5.56 Å². The summed E-state index contributed by atoms with van der Waals surface area (Å²) in [5.74, 6) is 0.732. The molecule has 2 aliphatic rings. The molecule has 7 heteroatoms. The molecule has 1 amide bonds. The van der Waals surface area contributed by atoms with Crippen molar-refractivity contribution >= 4 is 28.9 Å². The fourth-order valence-corrected chi connectivity index (χ4v) is 5.73. The second-order valence-corrected chi connectivity index (χ2v) is 10.0. The Bertz CT molecular complexity index is 1310. The monoisotopic (exact) mass is 501 g/mol. The van der Waals surface area contributed by atoms with Gasteiger partial charge in [0.05, 0.1) is 13.2 Å². The molecule has 186 valence electrons. The molecule has 3 aromatic carbocycles. The third kappa shape index (κ3) is 4.28. The lowest BCUT2D eigenvalue weighted by atomic mass is 9.78. The largest absolute Gasteiger partial charge is 0.497 e. The molecular formula is C29H31N3O3S. The van der Waals surface area contributed by atoms with E-state index in [1.807, 2.05) is 74.2 Å². The van der Waals surface area contributed by atoms with E-state index in [9.17, 15) is 4.79 Å². The summed E-state index contributed by atoms with van der Waals surface area (Å²) in [6.45, 7) is 6.62. The van der Waals surface area contributed by atoms with Crippen LogP contribution < -0.4 is 20.1 Å². The number of anilines is 1. The first kappa shape index (κ1) is 24.1. The number of amides is 1. The molecule has 1 fully saturated rings. The van der Waals surface area contributed by atoms with Crippen molar-refractivity contribution in [3.63, 3.8) is 0 Å². The van der Waals surface area contributed by atoms with E-state index in [0.29, 0.717) is 17.4 Å². The van der Waals surface area contributed by atoms with E-state index < -0.39 is 11.6 Å². The SMILES string of the molecule is COc1ccc2c(c1)[C@H]1NC(=S)N(CCc3ccccc3)[C@@](C)(O2)[C@@H]1C(=O)Nc1ccc(C)cc1C. The first-order valence-electron chi connectivity index (χ1n) is 12.2. The van der Waals surface area contributed by atoms with Crippen LogP contribution >= 0.6 is 12.2 Å². The van der Waals surface area contributed by atoms with Gasteiger partial charge in [0.25, 0.3) is 0 Å². The van der Waals surface area contributed by atoms with Gasteiger partial charge in [-0.2, -0.15) is 0 Å². The van der Waals surface area contributed by atoms with E-state index in [4.69, 9.17) is 21.7 Å². The molecule has 3 atom stereocenters. The summed E-state index contributed by atoms with van der Waals surface area (Å²) in [5, 5.41) is 7.21. The Labute approximate surface area is 217 Å². The van der Waals surface area contributed by atoms with Crippen LogP contribution in [0.3, 0.4) is 0 Å². The molecule has 1 saturated heterocycles. The van der Waals surface area contributed by atoms with Crippen molar-refractivity contribution < 1.29 is 14.3 Å². The number of hydrogen-bond acceptors (Lipinski definition) is 4. The van der Waals surface area contributed by atoms with Gasteiger partial charge in [0.15, 0.2) is 10.8 Å². The van der Waals surface area contributed by atoms with Gasteiger partial charge in [-0.25, -0.2) is 0 Å². The zero-order valence-corrected chi connectivity index (χ0v) is 21.8. The van der Waals surface area contributed by atoms with Gasteiger partial charge in [-0.1, -0.05) is 48.0 Å². The molecule has 3 aromatic rings. The normalized spacial score (nSPS) is 22.2. The minimum Gasteiger partial charge on any atom is -0.497 e. The third-order valence-corrected chi connectivity index (χ3v) is 7.57. The molecule has 0 spiro atoms. The average Bonchev–Trinajstić information content (AvgIpc) is 2.85. The molecule has 2 aliphatic heterocycles. The Morgan fingerprint density at radius 3 is 2.64 bits per heavy atom. The molecule has 0 saturated carbocycles. The van der Waals surface area contributed by atoms with Gasteiger partial charge in [0.2, 0.25) is 5.91 Å². The van der Waals surface area contributed by atoms with Crippen LogP contribution in [0, 0.1) is 19.8 Å². The summed E-state index contributed by atoms with van der Waals surface area (Å²) in [7, 11) is 1.63. The van der Waals surface area contributed by atoms with Gasteiger partial charge in [-0.15, -0.1) is 0 Å². The maximum Gasteiger partial charge on any atom is 0.236 e. The molecule has 2 bridgehead atoms. The molecule has 2 heterocycles. The first-order chi connectivity index (χ1) is 17.3. The summed E-state index contributed by atoms with van der Waals surface area (Å²) < 4.78 is 12.1. The highest BCUT2D eigenvalue weighted by Crippen LogP contribution is 2.49. The zero-order valence-electron chi connectivity index (χ0n) is 21.0. The summed E-state index contributed by atoms with van der Waals surface area (Å²) in [5.41, 5.74) is 4.03. The van der Waals surface area contributed by atoms with Crippen LogP contribution in [0.25, 0.3) is 0 Å². The van der Waals surface area contributed by atoms with Gasteiger partial charge in [-0.3, -0.25) is 4.79 Å². The summed E-state index contributed by atoms with van der Waals surface area (Å²) in [4.78, 5) is 16.0. The number of benzene rings is 3. The predicted molar refractivity (Wildman–Crippen MR) is 145 cm³/mol. The van der Waals surface area contributed by atoms with Crippen molar-refractivity contribution in [3.8, 4) is 11.5 Å². The molecular weight excluding hydrogens is 470 g/mol. The second kappa shape index (κ2) is 9.47. The Morgan fingerprint density at radius 2 is 1.92 bits per heavy atom. The van der Waals surface area contributed by atoms with Crippen LogP contribution in [0.5, 0.6) is 11.5 Å². The summed E-state index contributed by atoms with van der Waals surface area (Å²) in [6.07, 6.45) is 0.771. The van der Waals surface area contributed by atoms with Gasteiger partial charge >= 0.3 is 0 Å². The fourth-order valence-electron chi connectivity index (χ4n) is 5.33. The average molecular weight is 502 g/mol. The Balaban J connectivity index is 1.53. The van der Waals surface area contributed by atoms with Crippen molar-refractivity contribution in [1.82, 2.24) is 10.2 Å². The summed E-state index contributed by atoms with van der Waals surface area (Å²) >= 11 is 5.84. The lowest BCUT2D eigenvalue weighted by molar-refractivity contribution is -0.149. The standard InChI is InChI=1S/C29H31N3O3S/c1-18-10-12-23(19(2)16-18)30-27(33)25-26-22-17-21(34-4)11-13-24(22)35-29(25,3)32(28(36)31-26)15-14-20-8-6-5-7-9-20/h5-13,16-17,25-26H,14-15H2,1-4H3,(H,30,33)(H,31,36)/t25-,26+,29-/m0/s1. The quantitative estimate of drug-likeness (QED) is 0.456. The summed E-state index contributed by atoms with van der Waals surface area (Å²) in [6, 6.07) is 21.6. The second-order valence-electron chi connectivity index (χ2n) is 9.66. The van der Waals surface area contributed by atoms with Crippen LogP contribution in [0.4, 0.5) is 5.69 Å². The predicted octanol–water partition coefficient (Wildman–Crippen LogP) is 5.15. The number of nitrogens with one attached hydrogen (secondary N) is 2. The number of nitrogens with zero attached hydrogens (tertiary/aromatic N) is 1. The topological polar surface area (TPSA) is 62.8 Å². The highest BCUT2D eigenvalue weighted by Gasteiger charge is 2.58. The highest BCUT2D eigenvalue weighted by molar-refractivity contribution is 7.80. The fraction of sp³-hybridized carbons (Fsp3) is 0.310. The minimum absolute atomic E-state index is 0.123. The molecule has 0 aliphatic carbocycles. The van der Waals surface area contributed by atoms with Crippen LogP contribution in [-0.4, -0.2) is 35.3 Å². The van der Waals surface area contributed by atoms with Crippen LogP contribution in [0.1, 0.15) is 35.2 Å². The smallest absolute Gasteiger partial charge is 0.236 e. The number of carbonyl (C=O) groups is 1. The van der Waals surface area contributed by atoms with Crippen molar-refractivity contribution in [3.05, 3.63) is 89.0 Å². The van der Waals surface area contributed by atoms with Crippen molar-refractivity contribution in [1.29, 1.82) is 0 Å². The maximum absolute atomic E-state index is 14.0. The van der Waals surface area contributed by atoms with Crippen molar-refractivity contribution in [2.75, 3.05) is 19.0 Å². The van der Waals surface area contributed by atoms with Gasteiger partial charge in [-0.05, 0) is 74.8 Å².